The molecule has 0 aliphatic heterocycles. The third kappa shape index (κ3) is 6.99. The Kier molecular flexibility index (Phi) is 9.35. The Hall–Kier alpha value is -1.86. The average Bonchev–Trinajstić information content (AvgIpc) is 2.66. The van der Waals surface area contributed by atoms with Crippen molar-refractivity contribution >= 4 is 11.6 Å². The van der Waals surface area contributed by atoms with Gasteiger partial charge in [-0.25, -0.2) is 4.39 Å². The van der Waals surface area contributed by atoms with Crippen molar-refractivity contribution in [2.24, 2.45) is 0 Å². The summed E-state index contributed by atoms with van der Waals surface area (Å²) in [6.45, 7) is 5.40. The van der Waals surface area contributed by atoms with Crippen LogP contribution in [0.4, 0.5) is 4.39 Å². The maximum atomic E-state index is 13.9. The molecule has 3 N–H and O–H groups in total. The molecule has 2 rings (SSSR count). The van der Waals surface area contributed by atoms with E-state index in [1.165, 1.54) is 6.07 Å². The Bertz CT molecular complexity index is 695. The zero-order valence-electron chi connectivity index (χ0n) is 15.4. The summed E-state index contributed by atoms with van der Waals surface area (Å²) in [7, 11) is 0. The van der Waals surface area contributed by atoms with Gasteiger partial charge in [0, 0.05) is 31.7 Å². The van der Waals surface area contributed by atoms with Crippen molar-refractivity contribution in [1.82, 2.24) is 10.6 Å². The van der Waals surface area contributed by atoms with Gasteiger partial charge in [-0.05, 0) is 36.8 Å². The van der Waals surface area contributed by atoms with Crippen LogP contribution in [0.25, 0.3) is 0 Å². The van der Waals surface area contributed by atoms with Crippen LogP contribution in [0.1, 0.15) is 18.1 Å². The first-order chi connectivity index (χ1) is 13.2. The van der Waals surface area contributed by atoms with Crippen LogP contribution in [0.5, 0.6) is 11.5 Å². The lowest BCUT2D eigenvalue weighted by atomic mass is 10.2. The summed E-state index contributed by atoms with van der Waals surface area (Å²) in [6.07, 6.45) is 0. The number of benzene rings is 2. The van der Waals surface area contributed by atoms with Crippen molar-refractivity contribution < 1.29 is 19.0 Å². The van der Waals surface area contributed by atoms with E-state index in [0.717, 1.165) is 18.7 Å². The number of hydrogen-bond acceptors (Lipinski definition) is 5. The van der Waals surface area contributed by atoms with Gasteiger partial charge in [0.15, 0.2) is 11.5 Å². The summed E-state index contributed by atoms with van der Waals surface area (Å²) < 4.78 is 25.3. The largest absolute Gasteiger partial charge is 0.490 e. The summed E-state index contributed by atoms with van der Waals surface area (Å²) in [4.78, 5) is 0. The minimum Gasteiger partial charge on any atom is -0.490 e. The fourth-order valence-corrected chi connectivity index (χ4v) is 2.70. The molecule has 7 heteroatoms. The topological polar surface area (TPSA) is 62.8 Å². The summed E-state index contributed by atoms with van der Waals surface area (Å²) in [5.74, 6) is 0.767. The van der Waals surface area contributed by atoms with Gasteiger partial charge >= 0.3 is 0 Å². The summed E-state index contributed by atoms with van der Waals surface area (Å²) in [6, 6.07) is 10.2. The molecule has 0 fully saturated rings. The molecule has 5 nitrogen and oxygen atoms in total. The molecule has 148 valence electrons. The quantitative estimate of drug-likeness (QED) is 0.481. The van der Waals surface area contributed by atoms with Crippen LogP contribution in [0.15, 0.2) is 36.4 Å². The molecule has 0 saturated carbocycles. The lowest BCUT2D eigenvalue weighted by Gasteiger charge is -2.15. The first kappa shape index (κ1) is 21.4. The highest BCUT2D eigenvalue weighted by Gasteiger charge is 2.11. The van der Waals surface area contributed by atoms with E-state index in [4.69, 9.17) is 26.2 Å². The van der Waals surface area contributed by atoms with Crippen LogP contribution in [-0.4, -0.2) is 38.0 Å². The van der Waals surface area contributed by atoms with Crippen LogP contribution in [0, 0.1) is 5.82 Å². The summed E-state index contributed by atoms with van der Waals surface area (Å²) >= 11 is 6.05. The maximum absolute atomic E-state index is 13.9. The molecule has 2 aromatic rings. The average molecular weight is 397 g/mol. The van der Waals surface area contributed by atoms with Gasteiger partial charge in [-0.1, -0.05) is 23.7 Å². The molecule has 0 unspecified atom stereocenters. The number of aliphatic hydroxyl groups excluding tert-OH is 1. The molecule has 0 amide bonds. The lowest BCUT2D eigenvalue weighted by Crippen LogP contribution is -2.28. The van der Waals surface area contributed by atoms with E-state index in [1.807, 2.05) is 25.1 Å². The third-order valence-electron chi connectivity index (χ3n) is 3.84. The van der Waals surface area contributed by atoms with Gasteiger partial charge in [-0.3, -0.25) is 0 Å². The van der Waals surface area contributed by atoms with Gasteiger partial charge in [0.05, 0.1) is 18.2 Å². The minimum atomic E-state index is -0.393. The van der Waals surface area contributed by atoms with E-state index < -0.39 is 5.82 Å². The molecule has 0 aliphatic rings. The first-order valence-electron chi connectivity index (χ1n) is 8.99. The zero-order chi connectivity index (χ0) is 19.5. The van der Waals surface area contributed by atoms with Crippen molar-refractivity contribution in [3.05, 3.63) is 58.4 Å². The van der Waals surface area contributed by atoms with E-state index in [0.29, 0.717) is 41.8 Å². The fraction of sp³-hybridized carbons (Fsp3) is 0.400. The molecule has 0 heterocycles. The van der Waals surface area contributed by atoms with Crippen molar-refractivity contribution in [3.8, 4) is 11.5 Å². The molecule has 0 aliphatic carbocycles. The highest BCUT2D eigenvalue weighted by molar-refractivity contribution is 6.31. The van der Waals surface area contributed by atoms with E-state index >= 15 is 0 Å². The Labute approximate surface area is 164 Å². The highest BCUT2D eigenvalue weighted by Crippen LogP contribution is 2.30. The SMILES string of the molecule is CCOc1cc(CNCCNCCO)ccc1OCc1c(F)cccc1Cl. The summed E-state index contributed by atoms with van der Waals surface area (Å²) in [5.41, 5.74) is 1.37. The van der Waals surface area contributed by atoms with Crippen molar-refractivity contribution in [2.75, 3.05) is 32.8 Å². The van der Waals surface area contributed by atoms with Crippen molar-refractivity contribution in [3.63, 3.8) is 0 Å². The molecule has 2 aromatic carbocycles. The standard InChI is InChI=1S/C20H26ClFN2O3/c1-2-26-20-12-15(13-24-9-8-23-10-11-25)6-7-19(20)27-14-16-17(21)4-3-5-18(16)22/h3-7,12,23-25H,2,8-11,13-14H2,1H3. The molecule has 0 atom stereocenters. The highest BCUT2D eigenvalue weighted by atomic mass is 35.5. The molecule has 0 saturated heterocycles. The number of ether oxygens (including phenoxy) is 2. The van der Waals surface area contributed by atoms with Crippen molar-refractivity contribution in [2.45, 2.75) is 20.1 Å². The van der Waals surface area contributed by atoms with Gasteiger partial charge in [0.1, 0.15) is 12.4 Å². The normalized spacial score (nSPS) is 10.8. The van der Waals surface area contributed by atoms with E-state index in [2.05, 4.69) is 10.6 Å². The van der Waals surface area contributed by atoms with E-state index in [1.54, 1.807) is 12.1 Å². The Balaban J connectivity index is 1.96. The molecule has 0 radical (unpaired) electrons. The monoisotopic (exact) mass is 396 g/mol. The molecule has 27 heavy (non-hydrogen) atoms. The molecule has 0 spiro atoms. The van der Waals surface area contributed by atoms with Crippen molar-refractivity contribution in [1.29, 1.82) is 0 Å². The minimum absolute atomic E-state index is 0.0275. The summed E-state index contributed by atoms with van der Waals surface area (Å²) in [5, 5.41) is 15.5. The van der Waals surface area contributed by atoms with Crippen LogP contribution < -0.4 is 20.1 Å². The van der Waals surface area contributed by atoms with Gasteiger partial charge in [-0.15, -0.1) is 0 Å². The van der Waals surface area contributed by atoms with Crippen LogP contribution in [0.2, 0.25) is 5.02 Å². The van der Waals surface area contributed by atoms with Gasteiger partial charge in [0.25, 0.3) is 0 Å². The smallest absolute Gasteiger partial charge is 0.161 e. The van der Waals surface area contributed by atoms with Gasteiger partial charge in [-0.2, -0.15) is 0 Å². The fourth-order valence-electron chi connectivity index (χ4n) is 2.48. The number of aliphatic hydroxyl groups is 1. The number of rotatable bonds is 12. The second kappa shape index (κ2) is 11.8. The Morgan fingerprint density at radius 3 is 2.59 bits per heavy atom. The van der Waals surface area contributed by atoms with Crippen LogP contribution >= 0.6 is 11.6 Å². The molecule has 0 bridgehead atoms. The molecular formula is C20H26ClFN2O3. The predicted octanol–water partition coefficient (Wildman–Crippen LogP) is 3.13. The number of halogens is 2. The Morgan fingerprint density at radius 1 is 1.04 bits per heavy atom. The maximum Gasteiger partial charge on any atom is 0.161 e. The van der Waals surface area contributed by atoms with Gasteiger partial charge in [0.2, 0.25) is 0 Å². The van der Waals surface area contributed by atoms with E-state index in [9.17, 15) is 4.39 Å². The number of nitrogens with one attached hydrogen (secondary N) is 2. The second-order valence-electron chi connectivity index (χ2n) is 5.85. The van der Waals surface area contributed by atoms with Gasteiger partial charge < -0.3 is 25.2 Å². The second-order valence-corrected chi connectivity index (χ2v) is 6.26. The van der Waals surface area contributed by atoms with Crippen LogP contribution in [-0.2, 0) is 13.2 Å². The van der Waals surface area contributed by atoms with Crippen LogP contribution in [0.3, 0.4) is 0 Å². The zero-order valence-corrected chi connectivity index (χ0v) is 16.2. The van der Waals surface area contributed by atoms with E-state index in [-0.39, 0.29) is 13.2 Å². The first-order valence-corrected chi connectivity index (χ1v) is 9.37. The third-order valence-corrected chi connectivity index (χ3v) is 4.19. The predicted molar refractivity (Wildman–Crippen MR) is 105 cm³/mol. The molecule has 0 aromatic heterocycles. The molecular weight excluding hydrogens is 371 g/mol. The lowest BCUT2D eigenvalue weighted by molar-refractivity contribution is 0.265. The Morgan fingerprint density at radius 2 is 1.85 bits per heavy atom. The number of hydrogen-bond donors (Lipinski definition) is 3.